The van der Waals surface area contributed by atoms with Crippen LogP contribution >= 0.6 is 0 Å². The average Bonchev–Trinajstić information content (AvgIpc) is 2.60. The average molecular weight is 365 g/mol. The summed E-state index contributed by atoms with van der Waals surface area (Å²) in [6.45, 7) is 0. The SMILES string of the molecule is Nc1c(-c2ccc3ccccc3c2)ccc2cc(S(=O)(=O)O)cc(O)c12. The van der Waals surface area contributed by atoms with Gasteiger partial charge in [0.05, 0.1) is 10.6 Å². The lowest BCUT2D eigenvalue weighted by atomic mass is 9.96. The van der Waals surface area contributed by atoms with E-state index in [2.05, 4.69) is 0 Å². The van der Waals surface area contributed by atoms with Crippen LogP contribution in [0.5, 0.6) is 5.75 Å². The fourth-order valence-electron chi connectivity index (χ4n) is 3.20. The second-order valence-corrected chi connectivity index (χ2v) is 7.53. The maximum Gasteiger partial charge on any atom is 0.294 e. The highest BCUT2D eigenvalue weighted by molar-refractivity contribution is 7.85. The number of benzene rings is 4. The number of aromatic hydroxyl groups is 1. The quantitative estimate of drug-likeness (QED) is 0.365. The zero-order valence-electron chi connectivity index (χ0n) is 13.5. The number of phenols is 1. The summed E-state index contributed by atoms with van der Waals surface area (Å²) in [7, 11) is -4.42. The molecule has 0 aliphatic rings. The smallest absolute Gasteiger partial charge is 0.294 e. The molecule has 6 heteroatoms. The van der Waals surface area contributed by atoms with Crippen molar-refractivity contribution in [3.63, 3.8) is 0 Å². The van der Waals surface area contributed by atoms with Crippen molar-refractivity contribution in [3.05, 3.63) is 66.7 Å². The molecule has 130 valence electrons. The molecule has 0 heterocycles. The minimum atomic E-state index is -4.42. The monoisotopic (exact) mass is 365 g/mol. The maximum atomic E-state index is 11.3. The van der Waals surface area contributed by atoms with Crippen LogP contribution in [-0.2, 0) is 10.1 Å². The molecule has 0 aliphatic heterocycles. The summed E-state index contributed by atoms with van der Waals surface area (Å²) in [6.07, 6.45) is 0. The van der Waals surface area contributed by atoms with Crippen LogP contribution in [0.4, 0.5) is 5.69 Å². The van der Waals surface area contributed by atoms with E-state index in [4.69, 9.17) is 5.73 Å². The summed E-state index contributed by atoms with van der Waals surface area (Å²) < 4.78 is 31.9. The molecule has 5 nitrogen and oxygen atoms in total. The number of phenolic OH excluding ortho intramolecular Hbond substituents is 1. The fourth-order valence-corrected chi connectivity index (χ4v) is 3.74. The Hall–Kier alpha value is -3.09. The molecule has 0 atom stereocenters. The van der Waals surface area contributed by atoms with Gasteiger partial charge in [-0.2, -0.15) is 8.42 Å². The number of nitrogens with two attached hydrogens (primary N) is 1. The third-order valence-corrected chi connectivity index (χ3v) is 5.30. The first-order chi connectivity index (χ1) is 12.3. The summed E-state index contributed by atoms with van der Waals surface area (Å²) >= 11 is 0. The van der Waals surface area contributed by atoms with Crippen molar-refractivity contribution in [1.29, 1.82) is 0 Å². The predicted molar refractivity (Wildman–Crippen MR) is 103 cm³/mol. The zero-order chi connectivity index (χ0) is 18.5. The topological polar surface area (TPSA) is 101 Å². The number of fused-ring (bicyclic) bond motifs is 2. The Morgan fingerprint density at radius 1 is 0.808 bits per heavy atom. The molecule has 4 rings (SSSR count). The molecule has 0 aromatic heterocycles. The van der Waals surface area contributed by atoms with Gasteiger partial charge in [-0.05, 0) is 33.9 Å². The van der Waals surface area contributed by atoms with Gasteiger partial charge < -0.3 is 10.8 Å². The summed E-state index contributed by atoms with van der Waals surface area (Å²) in [5.41, 5.74) is 8.25. The largest absolute Gasteiger partial charge is 0.507 e. The van der Waals surface area contributed by atoms with Gasteiger partial charge in [0.15, 0.2) is 0 Å². The van der Waals surface area contributed by atoms with Crippen LogP contribution in [0.3, 0.4) is 0 Å². The number of hydrogen-bond donors (Lipinski definition) is 3. The van der Waals surface area contributed by atoms with E-state index in [0.29, 0.717) is 16.5 Å². The van der Waals surface area contributed by atoms with E-state index in [1.165, 1.54) is 6.07 Å². The first kappa shape index (κ1) is 16.4. The molecular weight excluding hydrogens is 350 g/mol. The molecule has 0 fully saturated rings. The third-order valence-electron chi connectivity index (χ3n) is 4.47. The van der Waals surface area contributed by atoms with Crippen LogP contribution in [0.15, 0.2) is 71.6 Å². The van der Waals surface area contributed by atoms with Crippen molar-refractivity contribution >= 4 is 37.4 Å². The molecule has 4 aromatic carbocycles. The summed E-state index contributed by atoms with van der Waals surface area (Å²) in [4.78, 5) is -0.375. The number of nitrogen functional groups attached to an aromatic ring is 1. The lowest BCUT2D eigenvalue weighted by Crippen LogP contribution is -1.99. The van der Waals surface area contributed by atoms with E-state index in [1.54, 1.807) is 12.1 Å². The normalized spacial score (nSPS) is 11.9. The highest BCUT2D eigenvalue weighted by atomic mass is 32.2. The Balaban J connectivity index is 1.96. The van der Waals surface area contributed by atoms with Crippen LogP contribution in [0.2, 0.25) is 0 Å². The highest BCUT2D eigenvalue weighted by Gasteiger charge is 2.16. The van der Waals surface area contributed by atoms with E-state index in [-0.39, 0.29) is 10.6 Å². The molecule has 26 heavy (non-hydrogen) atoms. The van der Waals surface area contributed by atoms with Gasteiger partial charge >= 0.3 is 0 Å². The van der Waals surface area contributed by atoms with Gasteiger partial charge in [0.1, 0.15) is 5.75 Å². The van der Waals surface area contributed by atoms with Gasteiger partial charge in [-0.3, -0.25) is 4.55 Å². The fraction of sp³-hybridized carbons (Fsp3) is 0. The molecule has 4 N–H and O–H groups in total. The minimum Gasteiger partial charge on any atom is -0.507 e. The van der Waals surface area contributed by atoms with Gasteiger partial charge in [-0.15, -0.1) is 0 Å². The first-order valence-corrected chi connectivity index (χ1v) is 9.30. The highest BCUT2D eigenvalue weighted by Crippen LogP contribution is 2.39. The number of rotatable bonds is 2. The lowest BCUT2D eigenvalue weighted by Gasteiger charge is -2.12. The molecule has 0 saturated carbocycles. The molecule has 0 spiro atoms. The van der Waals surface area contributed by atoms with Crippen LogP contribution in [0.25, 0.3) is 32.7 Å². The summed E-state index contributed by atoms with van der Waals surface area (Å²) in [6, 6.07) is 19.6. The second kappa shape index (κ2) is 5.72. The van der Waals surface area contributed by atoms with Gasteiger partial charge in [0.2, 0.25) is 0 Å². The van der Waals surface area contributed by atoms with E-state index in [9.17, 15) is 18.1 Å². The molecule has 4 aromatic rings. The number of anilines is 1. The van der Waals surface area contributed by atoms with Crippen LogP contribution in [0, 0.1) is 0 Å². The molecule has 0 bridgehead atoms. The minimum absolute atomic E-state index is 0.296. The predicted octanol–water partition coefficient (Wildman–Crippen LogP) is 4.19. The van der Waals surface area contributed by atoms with Gasteiger partial charge in [0, 0.05) is 17.0 Å². The van der Waals surface area contributed by atoms with Crippen LogP contribution in [0.1, 0.15) is 0 Å². The summed E-state index contributed by atoms with van der Waals surface area (Å²) in [5, 5.41) is 13.2. The molecule has 0 saturated heterocycles. The lowest BCUT2D eigenvalue weighted by molar-refractivity contribution is 0.471. The Bertz CT molecular complexity index is 1280. The van der Waals surface area contributed by atoms with Gasteiger partial charge in [0.25, 0.3) is 10.1 Å². The first-order valence-electron chi connectivity index (χ1n) is 7.86. The van der Waals surface area contributed by atoms with Crippen molar-refractivity contribution in [2.45, 2.75) is 4.90 Å². The Kier molecular flexibility index (Phi) is 3.61. The molecule has 0 amide bonds. The van der Waals surface area contributed by atoms with Crippen LogP contribution < -0.4 is 5.73 Å². The number of hydrogen-bond acceptors (Lipinski definition) is 4. The standard InChI is InChI=1S/C20H15NO4S/c21-20-17(14-6-5-12-3-1-2-4-13(12)9-14)8-7-15-10-16(26(23,24)25)11-18(22)19(15)20/h1-11,22H,21H2,(H,23,24,25). The van der Waals surface area contributed by atoms with E-state index >= 15 is 0 Å². The van der Waals surface area contributed by atoms with E-state index in [0.717, 1.165) is 28.0 Å². The third kappa shape index (κ3) is 2.65. The Morgan fingerprint density at radius 2 is 1.50 bits per heavy atom. The Labute approximate surface area is 150 Å². The molecular formula is C20H15NO4S. The van der Waals surface area contributed by atoms with Crippen molar-refractivity contribution in [1.82, 2.24) is 0 Å². The van der Waals surface area contributed by atoms with Gasteiger partial charge in [-0.1, -0.05) is 48.5 Å². The van der Waals surface area contributed by atoms with E-state index in [1.807, 2.05) is 42.5 Å². The van der Waals surface area contributed by atoms with Crippen molar-refractivity contribution < 1.29 is 18.1 Å². The van der Waals surface area contributed by atoms with Crippen LogP contribution in [-0.4, -0.2) is 18.1 Å². The molecule has 0 radical (unpaired) electrons. The van der Waals surface area contributed by atoms with Crippen molar-refractivity contribution in [3.8, 4) is 16.9 Å². The van der Waals surface area contributed by atoms with Gasteiger partial charge in [-0.25, -0.2) is 0 Å². The van der Waals surface area contributed by atoms with Crippen molar-refractivity contribution in [2.24, 2.45) is 0 Å². The zero-order valence-corrected chi connectivity index (χ0v) is 14.4. The summed E-state index contributed by atoms with van der Waals surface area (Å²) in [5.74, 6) is -0.296. The Morgan fingerprint density at radius 3 is 2.23 bits per heavy atom. The van der Waals surface area contributed by atoms with Crippen molar-refractivity contribution in [2.75, 3.05) is 5.73 Å². The maximum absolute atomic E-state index is 11.3. The molecule has 0 unspecified atom stereocenters. The second-order valence-electron chi connectivity index (χ2n) is 6.10. The molecule has 0 aliphatic carbocycles. The van der Waals surface area contributed by atoms with E-state index < -0.39 is 10.1 Å².